The molecule has 116 valence electrons. The molecule has 21 heavy (non-hydrogen) atoms. The number of carbonyl (C=O) groups is 1. The van der Waals surface area contributed by atoms with Gasteiger partial charge in [0, 0.05) is 12.7 Å². The number of urea groups is 1. The van der Waals surface area contributed by atoms with Crippen LogP contribution in [-0.4, -0.2) is 39.0 Å². The van der Waals surface area contributed by atoms with E-state index in [1.165, 1.54) is 0 Å². The van der Waals surface area contributed by atoms with Crippen LogP contribution >= 0.6 is 0 Å². The highest BCUT2D eigenvalue weighted by atomic mass is 16.5. The monoisotopic (exact) mass is 294 g/mol. The lowest BCUT2D eigenvalue weighted by Crippen LogP contribution is -2.43. The molecule has 6 heteroatoms. The molecule has 2 N–H and O–H groups in total. The number of hydrogen-bond acceptors (Lipinski definition) is 4. The first kappa shape index (κ1) is 15.4. The summed E-state index contributed by atoms with van der Waals surface area (Å²) in [5, 5.41) is 5.67. The standard InChI is InChI=1S/C15H22N2O4/c1-10(13-5-4-8-21-13)16-15(18)17-12-7-6-11(19-2)9-14(12)20-3/h6-7,9-10,13H,4-5,8H2,1-3H3,(H2,16,17,18). The summed E-state index contributed by atoms with van der Waals surface area (Å²) in [4.78, 5) is 12.0. The number of hydrogen-bond donors (Lipinski definition) is 2. The largest absolute Gasteiger partial charge is 0.497 e. The van der Waals surface area contributed by atoms with E-state index in [1.807, 2.05) is 6.92 Å². The molecule has 0 aromatic heterocycles. The van der Waals surface area contributed by atoms with E-state index < -0.39 is 0 Å². The van der Waals surface area contributed by atoms with Crippen molar-refractivity contribution in [1.82, 2.24) is 5.32 Å². The van der Waals surface area contributed by atoms with Crippen molar-refractivity contribution >= 4 is 11.7 Å². The van der Waals surface area contributed by atoms with Crippen LogP contribution in [0.1, 0.15) is 19.8 Å². The maximum Gasteiger partial charge on any atom is 0.319 e. The highest BCUT2D eigenvalue weighted by Crippen LogP contribution is 2.29. The van der Waals surface area contributed by atoms with Crippen LogP contribution in [0.5, 0.6) is 11.5 Å². The summed E-state index contributed by atoms with van der Waals surface area (Å²) < 4.78 is 15.9. The zero-order valence-electron chi connectivity index (χ0n) is 12.6. The van der Waals surface area contributed by atoms with Gasteiger partial charge in [-0.15, -0.1) is 0 Å². The van der Waals surface area contributed by atoms with Gasteiger partial charge < -0.3 is 24.8 Å². The van der Waals surface area contributed by atoms with E-state index >= 15 is 0 Å². The Labute approximate surface area is 124 Å². The maximum atomic E-state index is 12.0. The van der Waals surface area contributed by atoms with E-state index in [-0.39, 0.29) is 18.2 Å². The van der Waals surface area contributed by atoms with Gasteiger partial charge in [-0.05, 0) is 31.9 Å². The molecule has 2 unspecified atom stereocenters. The zero-order valence-corrected chi connectivity index (χ0v) is 12.6. The van der Waals surface area contributed by atoms with Gasteiger partial charge in [-0.1, -0.05) is 0 Å². The SMILES string of the molecule is COc1ccc(NC(=O)NC(C)C2CCCO2)c(OC)c1. The fourth-order valence-corrected chi connectivity index (χ4v) is 2.36. The Morgan fingerprint density at radius 1 is 1.38 bits per heavy atom. The molecule has 1 aromatic carbocycles. The van der Waals surface area contributed by atoms with Gasteiger partial charge in [0.05, 0.1) is 32.1 Å². The zero-order chi connectivity index (χ0) is 15.2. The number of carbonyl (C=O) groups excluding carboxylic acids is 1. The highest BCUT2D eigenvalue weighted by Gasteiger charge is 2.23. The van der Waals surface area contributed by atoms with Gasteiger partial charge in [-0.25, -0.2) is 4.79 Å². The second-order valence-electron chi connectivity index (χ2n) is 5.00. The quantitative estimate of drug-likeness (QED) is 0.875. The number of nitrogens with one attached hydrogen (secondary N) is 2. The van der Waals surface area contributed by atoms with Gasteiger partial charge in [0.25, 0.3) is 0 Å². The molecule has 1 aliphatic heterocycles. The molecule has 0 radical (unpaired) electrons. The first-order valence-electron chi connectivity index (χ1n) is 7.05. The Kier molecular flexibility index (Phi) is 5.27. The minimum Gasteiger partial charge on any atom is -0.497 e. The third-order valence-corrected chi connectivity index (χ3v) is 3.54. The summed E-state index contributed by atoms with van der Waals surface area (Å²) in [6.45, 7) is 2.71. The lowest BCUT2D eigenvalue weighted by Gasteiger charge is -2.20. The molecular weight excluding hydrogens is 272 g/mol. The second kappa shape index (κ2) is 7.17. The first-order valence-corrected chi connectivity index (χ1v) is 7.05. The number of methoxy groups -OCH3 is 2. The van der Waals surface area contributed by atoms with Crippen molar-refractivity contribution in [3.63, 3.8) is 0 Å². The van der Waals surface area contributed by atoms with Crippen molar-refractivity contribution in [3.8, 4) is 11.5 Å². The molecule has 0 aliphatic carbocycles. The molecule has 2 rings (SSSR count). The van der Waals surface area contributed by atoms with Gasteiger partial charge in [0.15, 0.2) is 0 Å². The molecular formula is C15H22N2O4. The molecule has 6 nitrogen and oxygen atoms in total. The van der Waals surface area contributed by atoms with Crippen molar-refractivity contribution in [3.05, 3.63) is 18.2 Å². The Bertz CT molecular complexity index is 487. The molecule has 1 heterocycles. The van der Waals surface area contributed by atoms with Gasteiger partial charge in [0.2, 0.25) is 0 Å². The fraction of sp³-hybridized carbons (Fsp3) is 0.533. The summed E-state index contributed by atoms with van der Waals surface area (Å²) in [5.74, 6) is 1.22. The molecule has 0 bridgehead atoms. The average molecular weight is 294 g/mol. The van der Waals surface area contributed by atoms with Gasteiger partial charge in [-0.2, -0.15) is 0 Å². The average Bonchev–Trinajstić information content (AvgIpc) is 3.01. The molecule has 2 amide bonds. The third kappa shape index (κ3) is 4.01. The summed E-state index contributed by atoms with van der Waals surface area (Å²) in [6.07, 6.45) is 2.12. The van der Waals surface area contributed by atoms with E-state index in [1.54, 1.807) is 32.4 Å². The van der Waals surface area contributed by atoms with E-state index in [9.17, 15) is 4.79 Å². The lowest BCUT2D eigenvalue weighted by atomic mass is 10.1. The third-order valence-electron chi connectivity index (χ3n) is 3.54. The molecule has 1 aromatic rings. The Morgan fingerprint density at radius 3 is 2.81 bits per heavy atom. The Balaban J connectivity index is 1.95. The van der Waals surface area contributed by atoms with Crippen LogP contribution in [0.2, 0.25) is 0 Å². The van der Waals surface area contributed by atoms with Crippen molar-refractivity contribution < 1.29 is 19.0 Å². The molecule has 0 spiro atoms. The number of rotatable bonds is 5. The number of anilines is 1. The van der Waals surface area contributed by atoms with E-state index in [2.05, 4.69) is 10.6 Å². The number of amides is 2. The smallest absolute Gasteiger partial charge is 0.319 e. The van der Waals surface area contributed by atoms with Crippen molar-refractivity contribution in [2.45, 2.75) is 31.9 Å². The molecule has 1 saturated heterocycles. The van der Waals surface area contributed by atoms with Crippen LogP contribution < -0.4 is 20.1 Å². The molecule has 2 atom stereocenters. The molecule has 0 saturated carbocycles. The van der Waals surface area contributed by atoms with E-state index in [4.69, 9.17) is 14.2 Å². The fourth-order valence-electron chi connectivity index (χ4n) is 2.36. The number of benzene rings is 1. The summed E-state index contributed by atoms with van der Waals surface area (Å²) in [6, 6.07) is 4.92. The van der Waals surface area contributed by atoms with Crippen molar-refractivity contribution in [2.75, 3.05) is 26.1 Å². The van der Waals surface area contributed by atoms with Crippen LogP contribution in [0.25, 0.3) is 0 Å². The normalized spacial score (nSPS) is 18.9. The topological polar surface area (TPSA) is 68.8 Å². The molecule has 1 fully saturated rings. The van der Waals surface area contributed by atoms with Crippen LogP contribution in [0, 0.1) is 0 Å². The summed E-state index contributed by atoms with van der Waals surface area (Å²) in [5.41, 5.74) is 0.593. The Hall–Kier alpha value is -1.95. The minimum atomic E-state index is -0.276. The van der Waals surface area contributed by atoms with Crippen LogP contribution in [0.15, 0.2) is 18.2 Å². The number of ether oxygens (including phenoxy) is 3. The Morgan fingerprint density at radius 2 is 2.19 bits per heavy atom. The van der Waals surface area contributed by atoms with Gasteiger partial charge in [0.1, 0.15) is 11.5 Å². The van der Waals surface area contributed by atoms with Crippen molar-refractivity contribution in [2.24, 2.45) is 0 Å². The first-order chi connectivity index (χ1) is 10.1. The predicted molar refractivity (Wildman–Crippen MR) is 80.1 cm³/mol. The summed E-state index contributed by atoms with van der Waals surface area (Å²) >= 11 is 0. The lowest BCUT2D eigenvalue weighted by molar-refractivity contribution is 0.0868. The van der Waals surface area contributed by atoms with Crippen molar-refractivity contribution in [1.29, 1.82) is 0 Å². The maximum absolute atomic E-state index is 12.0. The molecule has 1 aliphatic rings. The van der Waals surface area contributed by atoms with Gasteiger partial charge >= 0.3 is 6.03 Å². The minimum absolute atomic E-state index is 0.0308. The van der Waals surface area contributed by atoms with Crippen LogP contribution in [0.3, 0.4) is 0 Å². The second-order valence-corrected chi connectivity index (χ2v) is 5.00. The summed E-state index contributed by atoms with van der Waals surface area (Å²) in [7, 11) is 3.13. The van der Waals surface area contributed by atoms with E-state index in [0.29, 0.717) is 17.2 Å². The van der Waals surface area contributed by atoms with Crippen LogP contribution in [-0.2, 0) is 4.74 Å². The van der Waals surface area contributed by atoms with Gasteiger partial charge in [-0.3, -0.25) is 0 Å². The van der Waals surface area contributed by atoms with E-state index in [0.717, 1.165) is 19.4 Å². The highest BCUT2D eigenvalue weighted by molar-refractivity contribution is 5.91. The van der Waals surface area contributed by atoms with Crippen LogP contribution in [0.4, 0.5) is 10.5 Å². The predicted octanol–water partition coefficient (Wildman–Crippen LogP) is 2.39.